The fraction of sp³-hybridized carbons (Fsp3) is 0.438. The molecule has 0 heterocycles. The molecule has 3 atom stereocenters. The van der Waals surface area contributed by atoms with Gasteiger partial charge in [0.25, 0.3) is 5.91 Å². The highest BCUT2D eigenvalue weighted by atomic mass is 16.2. The van der Waals surface area contributed by atoms with E-state index in [0.717, 1.165) is 0 Å². The largest absolute Gasteiger partial charge is 0.368 e. The molecule has 1 rings (SSSR count). The standard InChI is InChI=1S/C16H23N3O3/c1-4-10(2)13(16(22)18-11(3)14(17)20)19-15(21)12-8-6-5-7-9-12/h5-11,13H,4H2,1-3H3,(H2,17,20)(H,18,22)(H,19,21). The number of primary amides is 1. The highest BCUT2D eigenvalue weighted by Crippen LogP contribution is 2.10. The van der Waals surface area contributed by atoms with E-state index in [1.165, 1.54) is 6.92 Å². The summed E-state index contributed by atoms with van der Waals surface area (Å²) in [7, 11) is 0. The van der Waals surface area contributed by atoms with Gasteiger partial charge in [-0.1, -0.05) is 38.5 Å². The van der Waals surface area contributed by atoms with Gasteiger partial charge in [-0.15, -0.1) is 0 Å². The van der Waals surface area contributed by atoms with Crippen molar-refractivity contribution in [1.82, 2.24) is 10.6 Å². The topological polar surface area (TPSA) is 101 Å². The molecule has 6 heteroatoms. The number of nitrogens with two attached hydrogens (primary N) is 1. The van der Waals surface area contributed by atoms with Crippen molar-refractivity contribution < 1.29 is 14.4 Å². The maximum absolute atomic E-state index is 12.3. The number of carbonyl (C=O) groups excluding carboxylic acids is 3. The van der Waals surface area contributed by atoms with E-state index in [0.29, 0.717) is 12.0 Å². The van der Waals surface area contributed by atoms with Crippen LogP contribution in [0.25, 0.3) is 0 Å². The third-order valence-electron chi connectivity index (χ3n) is 3.60. The van der Waals surface area contributed by atoms with Gasteiger partial charge in [-0.25, -0.2) is 0 Å². The monoisotopic (exact) mass is 305 g/mol. The van der Waals surface area contributed by atoms with Crippen LogP contribution in [0, 0.1) is 5.92 Å². The number of amides is 3. The molecule has 3 unspecified atom stereocenters. The number of hydrogen-bond acceptors (Lipinski definition) is 3. The van der Waals surface area contributed by atoms with Gasteiger partial charge in [-0.05, 0) is 25.0 Å². The fourth-order valence-electron chi connectivity index (χ4n) is 1.89. The van der Waals surface area contributed by atoms with Crippen molar-refractivity contribution in [3.63, 3.8) is 0 Å². The van der Waals surface area contributed by atoms with E-state index in [-0.39, 0.29) is 11.8 Å². The molecular formula is C16H23N3O3. The van der Waals surface area contributed by atoms with Crippen LogP contribution < -0.4 is 16.4 Å². The van der Waals surface area contributed by atoms with Gasteiger partial charge in [0.2, 0.25) is 11.8 Å². The second-order valence-corrected chi connectivity index (χ2v) is 5.34. The third-order valence-corrected chi connectivity index (χ3v) is 3.60. The van der Waals surface area contributed by atoms with Crippen LogP contribution in [0.4, 0.5) is 0 Å². The van der Waals surface area contributed by atoms with Crippen molar-refractivity contribution in [3.05, 3.63) is 35.9 Å². The van der Waals surface area contributed by atoms with Crippen molar-refractivity contribution in [2.75, 3.05) is 0 Å². The lowest BCUT2D eigenvalue weighted by Crippen LogP contribution is -2.54. The molecule has 0 radical (unpaired) electrons. The van der Waals surface area contributed by atoms with E-state index >= 15 is 0 Å². The summed E-state index contributed by atoms with van der Waals surface area (Å²) in [4.78, 5) is 35.6. The predicted octanol–water partition coefficient (Wildman–Crippen LogP) is 0.821. The zero-order chi connectivity index (χ0) is 16.7. The van der Waals surface area contributed by atoms with Gasteiger partial charge < -0.3 is 16.4 Å². The maximum atomic E-state index is 12.3. The SMILES string of the molecule is CCC(C)C(NC(=O)c1ccccc1)C(=O)NC(C)C(N)=O. The lowest BCUT2D eigenvalue weighted by atomic mass is 9.97. The minimum atomic E-state index is -0.785. The number of benzene rings is 1. The summed E-state index contributed by atoms with van der Waals surface area (Å²) in [6.07, 6.45) is 0.706. The van der Waals surface area contributed by atoms with E-state index in [9.17, 15) is 14.4 Å². The molecule has 0 fully saturated rings. The molecule has 0 aliphatic carbocycles. The van der Waals surface area contributed by atoms with Gasteiger partial charge in [-0.2, -0.15) is 0 Å². The summed E-state index contributed by atoms with van der Waals surface area (Å²) in [6, 6.07) is 7.15. The molecule has 0 spiro atoms. The van der Waals surface area contributed by atoms with Crippen molar-refractivity contribution in [2.45, 2.75) is 39.3 Å². The van der Waals surface area contributed by atoms with E-state index in [2.05, 4.69) is 10.6 Å². The van der Waals surface area contributed by atoms with Crippen LogP contribution in [0.5, 0.6) is 0 Å². The Morgan fingerprint density at radius 2 is 1.68 bits per heavy atom. The molecule has 120 valence electrons. The van der Waals surface area contributed by atoms with E-state index in [4.69, 9.17) is 5.73 Å². The Hall–Kier alpha value is -2.37. The molecule has 1 aromatic carbocycles. The zero-order valence-corrected chi connectivity index (χ0v) is 13.1. The molecule has 3 amide bonds. The first-order valence-electron chi connectivity index (χ1n) is 7.32. The molecular weight excluding hydrogens is 282 g/mol. The molecule has 0 aliphatic rings. The summed E-state index contributed by atoms with van der Waals surface area (Å²) < 4.78 is 0. The summed E-state index contributed by atoms with van der Waals surface area (Å²) in [5.41, 5.74) is 5.62. The maximum Gasteiger partial charge on any atom is 0.251 e. The minimum absolute atomic E-state index is 0.0762. The Kier molecular flexibility index (Phi) is 6.56. The second kappa shape index (κ2) is 8.17. The van der Waals surface area contributed by atoms with Crippen LogP contribution in [-0.2, 0) is 9.59 Å². The third kappa shape index (κ3) is 4.87. The number of hydrogen-bond donors (Lipinski definition) is 3. The number of nitrogens with one attached hydrogen (secondary N) is 2. The molecule has 0 bridgehead atoms. The van der Waals surface area contributed by atoms with Crippen molar-refractivity contribution in [3.8, 4) is 0 Å². The van der Waals surface area contributed by atoms with Crippen LogP contribution in [0.1, 0.15) is 37.6 Å². The van der Waals surface area contributed by atoms with Crippen molar-refractivity contribution in [1.29, 1.82) is 0 Å². The van der Waals surface area contributed by atoms with Gasteiger partial charge in [0.05, 0.1) is 0 Å². The number of carbonyl (C=O) groups is 3. The quantitative estimate of drug-likeness (QED) is 0.695. The molecule has 22 heavy (non-hydrogen) atoms. The first-order valence-corrected chi connectivity index (χ1v) is 7.32. The normalized spacial score (nSPS) is 14.5. The molecule has 1 aromatic rings. The minimum Gasteiger partial charge on any atom is -0.368 e. The van der Waals surface area contributed by atoms with Crippen LogP contribution in [0.15, 0.2) is 30.3 Å². The van der Waals surface area contributed by atoms with Crippen molar-refractivity contribution in [2.24, 2.45) is 11.7 Å². The second-order valence-electron chi connectivity index (χ2n) is 5.34. The predicted molar refractivity (Wildman–Crippen MR) is 84.0 cm³/mol. The van der Waals surface area contributed by atoms with Crippen LogP contribution in [-0.4, -0.2) is 29.8 Å². The Bertz CT molecular complexity index is 531. The first kappa shape index (κ1) is 17.7. The summed E-state index contributed by atoms with van der Waals surface area (Å²) >= 11 is 0. The summed E-state index contributed by atoms with van der Waals surface area (Å²) in [5.74, 6) is -1.43. The van der Waals surface area contributed by atoms with Crippen LogP contribution >= 0.6 is 0 Å². The zero-order valence-electron chi connectivity index (χ0n) is 13.1. The van der Waals surface area contributed by atoms with Crippen LogP contribution in [0.2, 0.25) is 0 Å². The molecule has 0 saturated carbocycles. The Morgan fingerprint density at radius 3 is 2.18 bits per heavy atom. The van der Waals surface area contributed by atoms with E-state index < -0.39 is 23.9 Å². The lowest BCUT2D eigenvalue weighted by Gasteiger charge is -2.24. The molecule has 0 saturated heterocycles. The lowest BCUT2D eigenvalue weighted by molar-refractivity contribution is -0.128. The highest BCUT2D eigenvalue weighted by molar-refractivity contribution is 5.98. The van der Waals surface area contributed by atoms with E-state index in [1.54, 1.807) is 24.3 Å². The first-order chi connectivity index (χ1) is 10.4. The van der Waals surface area contributed by atoms with Crippen molar-refractivity contribution >= 4 is 17.7 Å². The van der Waals surface area contributed by atoms with Gasteiger partial charge in [0.1, 0.15) is 12.1 Å². The van der Waals surface area contributed by atoms with Gasteiger partial charge in [-0.3, -0.25) is 14.4 Å². The van der Waals surface area contributed by atoms with Gasteiger partial charge >= 0.3 is 0 Å². The molecule has 6 nitrogen and oxygen atoms in total. The Labute approximate surface area is 130 Å². The van der Waals surface area contributed by atoms with Gasteiger partial charge in [0, 0.05) is 5.56 Å². The summed E-state index contributed by atoms with van der Waals surface area (Å²) in [5, 5.41) is 5.25. The average Bonchev–Trinajstić information content (AvgIpc) is 2.52. The smallest absolute Gasteiger partial charge is 0.251 e. The highest BCUT2D eigenvalue weighted by Gasteiger charge is 2.28. The summed E-state index contributed by atoms with van der Waals surface area (Å²) in [6.45, 7) is 5.30. The average molecular weight is 305 g/mol. The molecule has 0 aromatic heterocycles. The Balaban J connectivity index is 2.83. The molecule has 4 N–H and O–H groups in total. The molecule has 0 aliphatic heterocycles. The van der Waals surface area contributed by atoms with E-state index in [1.807, 2.05) is 19.9 Å². The fourth-order valence-corrected chi connectivity index (χ4v) is 1.89. The van der Waals surface area contributed by atoms with Gasteiger partial charge in [0.15, 0.2) is 0 Å². The van der Waals surface area contributed by atoms with Crippen LogP contribution in [0.3, 0.4) is 0 Å². The number of rotatable bonds is 7. The Morgan fingerprint density at radius 1 is 1.09 bits per heavy atom.